The smallest absolute Gasteiger partial charge is 0.453 e. The number of rotatable bonds is 6. The summed E-state index contributed by atoms with van der Waals surface area (Å²) in [5.74, 6) is 4.73. The first-order valence-electron chi connectivity index (χ1n) is 7.64. The van der Waals surface area contributed by atoms with Crippen molar-refractivity contribution in [2.24, 2.45) is 0 Å². The number of alkyl halides is 3. The number of thioether (sulfide) groups is 1. The maximum absolute atomic E-state index is 12.7. The van der Waals surface area contributed by atoms with E-state index in [-0.39, 0.29) is 23.4 Å². The second kappa shape index (κ2) is 7.74. The summed E-state index contributed by atoms with van der Waals surface area (Å²) in [6.07, 6.45) is -3.16. The minimum absolute atomic E-state index is 0.0741. The third-order valence-electron chi connectivity index (χ3n) is 3.48. The molecule has 0 aliphatic carbocycles. The molecule has 27 heavy (non-hydrogen) atoms. The van der Waals surface area contributed by atoms with Crippen molar-refractivity contribution in [3.8, 4) is 0 Å². The Labute approximate surface area is 155 Å². The van der Waals surface area contributed by atoms with Gasteiger partial charge in [0.1, 0.15) is 5.76 Å². The lowest BCUT2D eigenvalue weighted by Crippen LogP contribution is -2.22. The molecule has 0 atom stereocenters. The fourth-order valence-electron chi connectivity index (χ4n) is 2.20. The fourth-order valence-corrected chi connectivity index (χ4v) is 3.00. The molecule has 0 bridgehead atoms. The molecule has 0 unspecified atom stereocenters. The van der Waals surface area contributed by atoms with Crippen molar-refractivity contribution in [2.45, 2.75) is 23.6 Å². The molecule has 0 saturated heterocycles. The number of carbonyl (C=O) groups excluding carboxylic acids is 1. The van der Waals surface area contributed by atoms with Gasteiger partial charge in [0.05, 0.1) is 12.8 Å². The maximum Gasteiger partial charge on any atom is 0.453 e. The summed E-state index contributed by atoms with van der Waals surface area (Å²) in [6.45, 7) is 0.251. The number of nitrogens with one attached hydrogen (secondary N) is 1. The lowest BCUT2D eigenvalue weighted by atomic mass is 10.1. The monoisotopic (exact) mass is 397 g/mol. The summed E-state index contributed by atoms with van der Waals surface area (Å²) in [4.78, 5) is 12.2. The number of carbonyl (C=O) groups is 1. The minimum atomic E-state index is -4.67. The maximum atomic E-state index is 12.7. The van der Waals surface area contributed by atoms with Crippen molar-refractivity contribution in [3.63, 3.8) is 0 Å². The van der Waals surface area contributed by atoms with Crippen LogP contribution in [0.3, 0.4) is 0 Å². The number of nitrogens with two attached hydrogens (primary N) is 1. The quantitative estimate of drug-likeness (QED) is 0.490. The van der Waals surface area contributed by atoms with Crippen LogP contribution in [-0.2, 0) is 18.5 Å². The highest BCUT2D eigenvalue weighted by Gasteiger charge is 2.38. The van der Waals surface area contributed by atoms with E-state index >= 15 is 0 Å². The van der Waals surface area contributed by atoms with Gasteiger partial charge in [0.2, 0.25) is 5.16 Å². The van der Waals surface area contributed by atoms with E-state index in [9.17, 15) is 18.0 Å². The first kappa shape index (κ1) is 18.8. The number of hydrogen-bond acceptors (Lipinski definition) is 6. The van der Waals surface area contributed by atoms with Crippen LogP contribution in [0.25, 0.3) is 0 Å². The van der Waals surface area contributed by atoms with Gasteiger partial charge in [0.15, 0.2) is 0 Å². The van der Waals surface area contributed by atoms with Gasteiger partial charge in [-0.1, -0.05) is 23.9 Å². The summed E-state index contributed by atoms with van der Waals surface area (Å²) in [7, 11) is 0. The molecule has 2 aromatic heterocycles. The highest BCUT2D eigenvalue weighted by molar-refractivity contribution is 7.98. The zero-order valence-electron chi connectivity index (χ0n) is 13.7. The van der Waals surface area contributed by atoms with Gasteiger partial charge in [-0.3, -0.25) is 4.79 Å². The van der Waals surface area contributed by atoms with Gasteiger partial charge in [-0.15, -0.1) is 10.2 Å². The largest absolute Gasteiger partial charge is 0.467 e. The number of halogens is 3. The highest BCUT2D eigenvalue weighted by Crippen LogP contribution is 2.29. The fraction of sp³-hybridized carbons (Fsp3) is 0.188. The van der Waals surface area contributed by atoms with E-state index in [2.05, 4.69) is 15.5 Å². The Bertz CT molecular complexity index is 925. The molecule has 2 heterocycles. The third kappa shape index (κ3) is 4.61. The molecule has 7 nitrogen and oxygen atoms in total. The Kier molecular flexibility index (Phi) is 5.40. The van der Waals surface area contributed by atoms with Gasteiger partial charge >= 0.3 is 6.18 Å². The molecule has 0 fully saturated rings. The molecule has 0 aliphatic rings. The van der Waals surface area contributed by atoms with Crippen molar-refractivity contribution in [1.29, 1.82) is 0 Å². The molecule has 3 N–H and O–H groups in total. The summed E-state index contributed by atoms with van der Waals surface area (Å²) >= 11 is 0.987. The average molecular weight is 397 g/mol. The van der Waals surface area contributed by atoms with Gasteiger partial charge in [0.25, 0.3) is 11.7 Å². The summed E-state index contributed by atoms with van der Waals surface area (Å²) < 4.78 is 43.6. The number of amides is 1. The number of furan rings is 1. The van der Waals surface area contributed by atoms with Crippen LogP contribution < -0.4 is 11.2 Å². The Balaban J connectivity index is 1.62. The Morgan fingerprint density at radius 1 is 1.26 bits per heavy atom. The normalized spacial score (nSPS) is 11.5. The van der Waals surface area contributed by atoms with E-state index in [1.54, 1.807) is 36.4 Å². The van der Waals surface area contributed by atoms with Crippen molar-refractivity contribution in [3.05, 3.63) is 65.4 Å². The molecule has 0 spiro atoms. The standard InChI is InChI=1S/C16H14F3N5O2S/c17-16(18,19)14-22-23-15(24(14)20)27-9-10-3-1-4-11(7-10)13(25)21-8-12-5-2-6-26-12/h1-7H,8-9,20H2,(H,21,25). The van der Waals surface area contributed by atoms with E-state index in [1.807, 2.05) is 0 Å². The van der Waals surface area contributed by atoms with Crippen molar-refractivity contribution in [1.82, 2.24) is 20.2 Å². The van der Waals surface area contributed by atoms with Crippen LogP contribution in [0.1, 0.15) is 27.5 Å². The molecule has 3 rings (SSSR count). The molecule has 1 aromatic carbocycles. The van der Waals surface area contributed by atoms with Crippen LogP contribution in [-0.4, -0.2) is 20.8 Å². The van der Waals surface area contributed by atoms with Crippen LogP contribution in [0.4, 0.5) is 13.2 Å². The van der Waals surface area contributed by atoms with E-state index < -0.39 is 12.0 Å². The van der Waals surface area contributed by atoms with Gasteiger partial charge in [-0.05, 0) is 29.8 Å². The van der Waals surface area contributed by atoms with E-state index in [0.717, 1.165) is 17.3 Å². The van der Waals surface area contributed by atoms with E-state index in [0.29, 0.717) is 16.0 Å². The topological polar surface area (TPSA) is 99.0 Å². The van der Waals surface area contributed by atoms with Crippen molar-refractivity contribution in [2.75, 3.05) is 5.84 Å². The van der Waals surface area contributed by atoms with E-state index in [1.165, 1.54) is 6.26 Å². The first-order chi connectivity index (χ1) is 12.8. The van der Waals surface area contributed by atoms with Crippen LogP contribution >= 0.6 is 11.8 Å². The van der Waals surface area contributed by atoms with Crippen molar-refractivity contribution < 1.29 is 22.4 Å². The van der Waals surface area contributed by atoms with Gasteiger partial charge < -0.3 is 15.6 Å². The first-order valence-corrected chi connectivity index (χ1v) is 8.63. The zero-order valence-corrected chi connectivity index (χ0v) is 14.5. The lowest BCUT2D eigenvalue weighted by Gasteiger charge is -2.07. The molecule has 11 heteroatoms. The van der Waals surface area contributed by atoms with Crippen LogP contribution in [0.5, 0.6) is 0 Å². The average Bonchev–Trinajstić information content (AvgIpc) is 3.27. The highest BCUT2D eigenvalue weighted by atomic mass is 32.2. The summed E-state index contributed by atoms with van der Waals surface area (Å²) in [6, 6.07) is 10.2. The zero-order chi connectivity index (χ0) is 19.4. The predicted octanol–water partition coefficient (Wildman–Crippen LogP) is 2.83. The Morgan fingerprint density at radius 2 is 2.07 bits per heavy atom. The number of benzene rings is 1. The van der Waals surface area contributed by atoms with Gasteiger partial charge in [-0.25, -0.2) is 4.68 Å². The molecule has 0 aliphatic heterocycles. The van der Waals surface area contributed by atoms with Gasteiger partial charge in [-0.2, -0.15) is 13.2 Å². The molecule has 142 valence electrons. The third-order valence-corrected chi connectivity index (χ3v) is 4.49. The SMILES string of the molecule is Nn1c(SCc2cccc(C(=O)NCc3ccco3)c2)nnc1C(F)(F)F. The molecule has 1 amide bonds. The van der Waals surface area contributed by atoms with Crippen molar-refractivity contribution >= 4 is 17.7 Å². The molecule has 3 aromatic rings. The van der Waals surface area contributed by atoms with E-state index in [4.69, 9.17) is 10.3 Å². The molecule has 0 radical (unpaired) electrons. The molecular formula is C16H14F3N5O2S. The minimum Gasteiger partial charge on any atom is -0.467 e. The number of nitrogens with zero attached hydrogens (tertiary/aromatic N) is 3. The second-order valence-electron chi connectivity index (χ2n) is 5.43. The summed E-state index contributed by atoms with van der Waals surface area (Å²) in [5.41, 5.74) is 1.15. The van der Waals surface area contributed by atoms with Crippen LogP contribution in [0.15, 0.2) is 52.2 Å². The van der Waals surface area contributed by atoms with Gasteiger partial charge in [0, 0.05) is 11.3 Å². The Hall–Kier alpha value is -2.95. The predicted molar refractivity (Wildman–Crippen MR) is 91.1 cm³/mol. The second-order valence-corrected chi connectivity index (χ2v) is 6.37. The van der Waals surface area contributed by atoms with Crippen LogP contribution in [0.2, 0.25) is 0 Å². The number of aromatic nitrogens is 3. The summed E-state index contributed by atoms with van der Waals surface area (Å²) in [5, 5.41) is 9.16. The lowest BCUT2D eigenvalue weighted by molar-refractivity contribution is -0.146. The Morgan fingerprint density at radius 3 is 2.74 bits per heavy atom. The number of hydrogen-bond donors (Lipinski definition) is 2. The molecular weight excluding hydrogens is 383 g/mol. The van der Waals surface area contributed by atoms with Crippen LogP contribution in [0, 0.1) is 0 Å². The molecule has 0 saturated carbocycles. The number of nitrogen functional groups attached to an aromatic ring is 1.